The number of hydrogen-bond donors (Lipinski definition) is 1. The molecular weight excluding hydrogens is 152 g/mol. The summed E-state index contributed by atoms with van der Waals surface area (Å²) < 4.78 is 0. The summed E-state index contributed by atoms with van der Waals surface area (Å²) in [6.45, 7) is 9.49. The number of rotatable bonds is 5. The van der Waals surface area contributed by atoms with Gasteiger partial charge in [-0.3, -0.25) is 5.26 Å². The van der Waals surface area contributed by atoms with E-state index in [9.17, 15) is 0 Å². The van der Waals surface area contributed by atoms with Crippen LogP contribution in [0.25, 0.3) is 0 Å². The van der Waals surface area contributed by atoms with Gasteiger partial charge in [-0.05, 0) is 33.6 Å². The molecule has 0 aliphatic rings. The lowest BCUT2D eigenvalue weighted by Crippen LogP contribution is -2.23. The second-order valence-electron chi connectivity index (χ2n) is 3.43. The smallest absolute Gasteiger partial charge is 0.119 e. The summed E-state index contributed by atoms with van der Waals surface area (Å²) in [7, 11) is 0. The molecule has 0 fully saturated rings. The predicted molar refractivity (Wildman–Crippen MR) is 51.0 cm³/mol. The average molecular weight is 170 g/mol. The Kier molecular flexibility index (Phi) is 4.86. The molecule has 12 heavy (non-hydrogen) atoms. The van der Waals surface area contributed by atoms with Crippen LogP contribution in [0.4, 0.5) is 0 Å². The van der Waals surface area contributed by atoms with Crippen molar-refractivity contribution in [3.8, 4) is 0 Å². The standard InChI is InChI=1S/C10H18O2/c1-5-10(4,12-11)8-6-7-9(2)3/h5,7,11H,1,6,8H2,2-4H3. The summed E-state index contributed by atoms with van der Waals surface area (Å²) in [5.74, 6) is 0. The number of allylic oxidation sites excluding steroid dienone is 2. The highest BCUT2D eigenvalue weighted by molar-refractivity contribution is 4.98. The molecular formula is C10H18O2. The Morgan fingerprint density at radius 1 is 1.58 bits per heavy atom. The predicted octanol–water partition coefficient (Wildman–Crippen LogP) is 3.17. The molecule has 0 spiro atoms. The lowest BCUT2D eigenvalue weighted by Gasteiger charge is -2.20. The molecule has 0 rings (SSSR count). The summed E-state index contributed by atoms with van der Waals surface area (Å²) in [4.78, 5) is 4.32. The van der Waals surface area contributed by atoms with Crippen LogP contribution in [-0.4, -0.2) is 10.9 Å². The Bertz CT molecular complexity index is 169. The van der Waals surface area contributed by atoms with E-state index in [1.54, 1.807) is 13.0 Å². The van der Waals surface area contributed by atoms with Gasteiger partial charge in [0.05, 0.1) is 0 Å². The minimum atomic E-state index is -0.605. The maximum absolute atomic E-state index is 8.56. The SMILES string of the molecule is C=CC(C)(CCC=C(C)C)OO. The molecule has 1 N–H and O–H groups in total. The van der Waals surface area contributed by atoms with Gasteiger partial charge >= 0.3 is 0 Å². The topological polar surface area (TPSA) is 29.5 Å². The Morgan fingerprint density at radius 3 is 2.50 bits per heavy atom. The zero-order valence-corrected chi connectivity index (χ0v) is 8.13. The van der Waals surface area contributed by atoms with Crippen molar-refractivity contribution in [3.63, 3.8) is 0 Å². The molecule has 0 aromatic heterocycles. The summed E-state index contributed by atoms with van der Waals surface area (Å²) in [6.07, 6.45) is 5.37. The van der Waals surface area contributed by atoms with E-state index in [1.165, 1.54) is 5.57 Å². The fraction of sp³-hybridized carbons (Fsp3) is 0.600. The third-order valence-corrected chi connectivity index (χ3v) is 1.83. The highest BCUT2D eigenvalue weighted by Gasteiger charge is 2.19. The first-order valence-corrected chi connectivity index (χ1v) is 4.13. The number of hydrogen-bond acceptors (Lipinski definition) is 2. The molecule has 0 heterocycles. The maximum Gasteiger partial charge on any atom is 0.119 e. The molecule has 1 atom stereocenters. The minimum Gasteiger partial charge on any atom is -0.251 e. The molecule has 1 unspecified atom stereocenters. The van der Waals surface area contributed by atoms with Crippen molar-refractivity contribution in [3.05, 3.63) is 24.3 Å². The Balaban J connectivity index is 3.89. The summed E-state index contributed by atoms with van der Waals surface area (Å²) in [6, 6.07) is 0. The summed E-state index contributed by atoms with van der Waals surface area (Å²) in [5, 5.41) is 8.56. The van der Waals surface area contributed by atoms with E-state index in [-0.39, 0.29) is 0 Å². The van der Waals surface area contributed by atoms with Crippen LogP contribution in [0.3, 0.4) is 0 Å². The Labute approximate surface area is 74.5 Å². The maximum atomic E-state index is 8.56. The molecule has 2 heteroatoms. The first-order valence-electron chi connectivity index (χ1n) is 4.13. The zero-order chi connectivity index (χ0) is 9.61. The molecule has 2 nitrogen and oxygen atoms in total. The first-order chi connectivity index (χ1) is 5.54. The lowest BCUT2D eigenvalue weighted by atomic mass is 10.00. The van der Waals surface area contributed by atoms with E-state index in [1.807, 2.05) is 13.8 Å². The van der Waals surface area contributed by atoms with E-state index in [0.717, 1.165) is 12.8 Å². The lowest BCUT2D eigenvalue weighted by molar-refractivity contribution is -0.303. The van der Waals surface area contributed by atoms with E-state index in [4.69, 9.17) is 5.26 Å². The molecule has 0 aliphatic carbocycles. The van der Waals surface area contributed by atoms with Gasteiger partial charge in [-0.25, -0.2) is 4.89 Å². The molecule has 0 aromatic carbocycles. The molecule has 70 valence electrons. The minimum absolute atomic E-state index is 0.605. The van der Waals surface area contributed by atoms with Crippen LogP contribution in [0.15, 0.2) is 24.3 Å². The summed E-state index contributed by atoms with van der Waals surface area (Å²) in [5.41, 5.74) is 0.672. The molecule has 0 radical (unpaired) electrons. The van der Waals surface area contributed by atoms with Crippen LogP contribution in [-0.2, 0) is 4.89 Å². The van der Waals surface area contributed by atoms with E-state index < -0.39 is 5.60 Å². The van der Waals surface area contributed by atoms with Crippen molar-refractivity contribution in [1.29, 1.82) is 0 Å². The van der Waals surface area contributed by atoms with Gasteiger partial charge in [0.1, 0.15) is 5.60 Å². The second-order valence-corrected chi connectivity index (χ2v) is 3.43. The van der Waals surface area contributed by atoms with Crippen LogP contribution in [0, 0.1) is 0 Å². The van der Waals surface area contributed by atoms with Crippen LogP contribution in [0.2, 0.25) is 0 Å². The van der Waals surface area contributed by atoms with Crippen molar-refractivity contribution in [2.75, 3.05) is 0 Å². The first kappa shape index (κ1) is 11.4. The monoisotopic (exact) mass is 170 g/mol. The van der Waals surface area contributed by atoms with Crippen molar-refractivity contribution >= 4 is 0 Å². The molecule has 0 amide bonds. The molecule has 0 saturated carbocycles. The van der Waals surface area contributed by atoms with Crippen molar-refractivity contribution in [2.24, 2.45) is 0 Å². The zero-order valence-electron chi connectivity index (χ0n) is 8.13. The summed E-state index contributed by atoms with van der Waals surface area (Å²) >= 11 is 0. The Hall–Kier alpha value is -0.600. The largest absolute Gasteiger partial charge is 0.251 e. The van der Waals surface area contributed by atoms with Gasteiger partial charge in [-0.15, -0.1) is 6.58 Å². The van der Waals surface area contributed by atoms with Crippen LogP contribution in [0.1, 0.15) is 33.6 Å². The molecule has 0 saturated heterocycles. The quantitative estimate of drug-likeness (QED) is 0.390. The van der Waals surface area contributed by atoms with Crippen LogP contribution >= 0.6 is 0 Å². The van der Waals surface area contributed by atoms with Gasteiger partial charge in [-0.2, -0.15) is 0 Å². The van der Waals surface area contributed by atoms with Gasteiger partial charge in [0.25, 0.3) is 0 Å². The van der Waals surface area contributed by atoms with Crippen molar-refractivity contribution in [2.45, 2.75) is 39.2 Å². The van der Waals surface area contributed by atoms with Gasteiger partial charge in [0.15, 0.2) is 0 Å². The molecule has 0 aliphatic heterocycles. The fourth-order valence-electron chi connectivity index (χ4n) is 0.832. The highest BCUT2D eigenvalue weighted by atomic mass is 17.1. The highest BCUT2D eigenvalue weighted by Crippen LogP contribution is 2.18. The second kappa shape index (κ2) is 5.12. The van der Waals surface area contributed by atoms with Gasteiger partial charge in [-0.1, -0.05) is 17.7 Å². The van der Waals surface area contributed by atoms with Gasteiger partial charge in [0, 0.05) is 0 Å². The fourth-order valence-corrected chi connectivity index (χ4v) is 0.832. The van der Waals surface area contributed by atoms with Crippen molar-refractivity contribution < 1.29 is 10.1 Å². The van der Waals surface area contributed by atoms with Crippen LogP contribution < -0.4 is 0 Å². The van der Waals surface area contributed by atoms with Gasteiger partial charge < -0.3 is 0 Å². The van der Waals surface area contributed by atoms with Crippen molar-refractivity contribution in [1.82, 2.24) is 0 Å². The molecule has 0 aromatic rings. The third-order valence-electron chi connectivity index (χ3n) is 1.83. The Morgan fingerprint density at radius 2 is 2.17 bits per heavy atom. The normalized spacial score (nSPS) is 15.0. The van der Waals surface area contributed by atoms with Gasteiger partial charge in [0.2, 0.25) is 0 Å². The third kappa shape index (κ3) is 4.31. The molecule has 0 bridgehead atoms. The van der Waals surface area contributed by atoms with E-state index >= 15 is 0 Å². The van der Waals surface area contributed by atoms with Crippen LogP contribution in [0.5, 0.6) is 0 Å². The van der Waals surface area contributed by atoms with E-state index in [2.05, 4.69) is 17.5 Å². The van der Waals surface area contributed by atoms with E-state index in [0.29, 0.717) is 0 Å². The average Bonchev–Trinajstić information content (AvgIpc) is 2.03.